The highest BCUT2D eigenvalue weighted by atomic mass is 16.7. The van der Waals surface area contributed by atoms with Gasteiger partial charge < -0.3 is 19.5 Å². The summed E-state index contributed by atoms with van der Waals surface area (Å²) in [5.41, 5.74) is 3.31. The van der Waals surface area contributed by atoms with Crippen LogP contribution in [0.1, 0.15) is 68.6 Å². The van der Waals surface area contributed by atoms with Gasteiger partial charge in [0.25, 0.3) is 5.91 Å². The SMILES string of the molecule is CCOc1cc(C(C)(C)C)c2nc(C(=O)NC[C@H]3CCC4(C3)OCCO4)cc(C)c2c1. The smallest absolute Gasteiger partial charge is 0.269 e. The van der Waals surface area contributed by atoms with Crippen molar-refractivity contribution >= 4 is 16.8 Å². The molecule has 1 saturated carbocycles. The molecule has 1 aromatic heterocycles. The van der Waals surface area contributed by atoms with E-state index in [0.717, 1.165) is 47.0 Å². The number of aromatic nitrogens is 1. The molecule has 31 heavy (non-hydrogen) atoms. The third kappa shape index (κ3) is 4.55. The predicted octanol–water partition coefficient (Wildman–Crippen LogP) is 4.51. The van der Waals surface area contributed by atoms with Gasteiger partial charge >= 0.3 is 0 Å². The minimum Gasteiger partial charge on any atom is -0.494 e. The topological polar surface area (TPSA) is 69.7 Å². The third-order valence-electron chi connectivity index (χ3n) is 6.34. The molecule has 4 rings (SSSR count). The summed E-state index contributed by atoms with van der Waals surface area (Å²) in [5, 5.41) is 4.12. The van der Waals surface area contributed by atoms with Gasteiger partial charge in [-0.3, -0.25) is 4.79 Å². The average Bonchev–Trinajstić information content (AvgIpc) is 3.35. The molecule has 2 aliphatic rings. The Hall–Kier alpha value is -2.18. The summed E-state index contributed by atoms with van der Waals surface area (Å²) in [7, 11) is 0. The van der Waals surface area contributed by atoms with Gasteiger partial charge in [0.1, 0.15) is 11.4 Å². The van der Waals surface area contributed by atoms with Gasteiger partial charge in [-0.05, 0) is 60.9 Å². The summed E-state index contributed by atoms with van der Waals surface area (Å²) >= 11 is 0. The Balaban J connectivity index is 1.56. The number of ether oxygens (including phenoxy) is 3. The summed E-state index contributed by atoms with van der Waals surface area (Å²) in [4.78, 5) is 17.8. The van der Waals surface area contributed by atoms with Crippen molar-refractivity contribution in [3.05, 3.63) is 35.0 Å². The number of fused-ring (bicyclic) bond motifs is 1. The second-order valence-electron chi connectivity index (χ2n) is 9.80. The van der Waals surface area contributed by atoms with Crippen LogP contribution < -0.4 is 10.1 Å². The largest absolute Gasteiger partial charge is 0.494 e. The highest BCUT2D eigenvalue weighted by molar-refractivity contribution is 5.97. The number of rotatable bonds is 5. The quantitative estimate of drug-likeness (QED) is 0.762. The zero-order valence-electron chi connectivity index (χ0n) is 19.3. The normalized spacial score (nSPS) is 20.5. The van der Waals surface area contributed by atoms with Crippen molar-refractivity contribution in [2.45, 2.75) is 65.1 Å². The molecule has 0 bridgehead atoms. The molecule has 1 atom stereocenters. The Morgan fingerprint density at radius 3 is 2.68 bits per heavy atom. The lowest BCUT2D eigenvalue weighted by molar-refractivity contribution is -0.152. The van der Waals surface area contributed by atoms with Gasteiger partial charge in [0.05, 0.1) is 25.3 Å². The molecule has 1 aromatic carbocycles. The Labute approximate surface area is 184 Å². The summed E-state index contributed by atoms with van der Waals surface area (Å²) in [6, 6.07) is 5.95. The maximum absolute atomic E-state index is 13.0. The highest BCUT2D eigenvalue weighted by Gasteiger charge is 2.43. The van der Waals surface area contributed by atoms with Crippen LogP contribution in [0.2, 0.25) is 0 Å². The molecule has 0 unspecified atom stereocenters. The van der Waals surface area contributed by atoms with Gasteiger partial charge in [-0.2, -0.15) is 0 Å². The lowest BCUT2D eigenvalue weighted by Crippen LogP contribution is -2.31. The molecule has 1 aliphatic carbocycles. The molecular formula is C25H34N2O4. The summed E-state index contributed by atoms with van der Waals surface area (Å²) in [5.74, 6) is 0.663. The summed E-state index contributed by atoms with van der Waals surface area (Å²) in [6.07, 6.45) is 2.74. The van der Waals surface area contributed by atoms with Crippen LogP contribution in [0.25, 0.3) is 10.9 Å². The molecule has 168 valence electrons. The van der Waals surface area contributed by atoms with Gasteiger partial charge in [0.15, 0.2) is 5.79 Å². The molecule has 2 fully saturated rings. The average molecular weight is 427 g/mol. The second-order valence-corrected chi connectivity index (χ2v) is 9.80. The molecule has 1 spiro atoms. The van der Waals surface area contributed by atoms with Gasteiger partial charge in [0.2, 0.25) is 0 Å². The number of carbonyl (C=O) groups is 1. The molecule has 2 heterocycles. The number of hydrogen-bond acceptors (Lipinski definition) is 5. The first-order chi connectivity index (χ1) is 14.7. The van der Waals surface area contributed by atoms with Crippen molar-refractivity contribution < 1.29 is 19.0 Å². The fourth-order valence-corrected chi connectivity index (χ4v) is 4.73. The van der Waals surface area contributed by atoms with Crippen LogP contribution in [0.4, 0.5) is 0 Å². The molecule has 2 aromatic rings. The van der Waals surface area contributed by atoms with Crippen LogP contribution in [-0.4, -0.2) is 43.0 Å². The number of aryl methyl sites for hydroxylation is 1. The Morgan fingerprint density at radius 2 is 2.00 bits per heavy atom. The van der Waals surface area contributed by atoms with Crippen molar-refractivity contribution in [1.29, 1.82) is 0 Å². The first kappa shape index (κ1) is 22.0. The maximum atomic E-state index is 13.0. The van der Waals surface area contributed by atoms with Crippen molar-refractivity contribution in [2.75, 3.05) is 26.4 Å². The van der Waals surface area contributed by atoms with E-state index < -0.39 is 5.79 Å². The number of carbonyl (C=O) groups excluding carboxylic acids is 1. The standard InChI is InChI=1S/C25H34N2O4/c1-6-29-18-12-19-16(2)11-21(27-22(19)20(13-18)24(3,4)5)23(28)26-15-17-7-8-25(14-17)30-9-10-31-25/h11-13,17H,6-10,14-15H2,1-5H3,(H,26,28)/t17-/m0/s1. The molecule has 1 aliphatic heterocycles. The summed E-state index contributed by atoms with van der Waals surface area (Å²) in [6.45, 7) is 13.0. The Kier molecular flexibility index (Phi) is 5.97. The van der Waals surface area contributed by atoms with Crippen LogP contribution >= 0.6 is 0 Å². The van der Waals surface area contributed by atoms with E-state index >= 15 is 0 Å². The number of pyridine rings is 1. The van der Waals surface area contributed by atoms with Gasteiger partial charge in [-0.15, -0.1) is 0 Å². The van der Waals surface area contributed by atoms with Crippen molar-refractivity contribution in [3.8, 4) is 5.75 Å². The third-order valence-corrected chi connectivity index (χ3v) is 6.34. The van der Waals surface area contributed by atoms with E-state index in [1.54, 1.807) is 0 Å². The number of benzene rings is 1. The van der Waals surface area contributed by atoms with Crippen molar-refractivity contribution in [2.24, 2.45) is 5.92 Å². The van der Waals surface area contributed by atoms with E-state index in [1.807, 2.05) is 26.0 Å². The predicted molar refractivity (Wildman–Crippen MR) is 121 cm³/mol. The van der Waals surface area contributed by atoms with E-state index in [-0.39, 0.29) is 11.3 Å². The van der Waals surface area contributed by atoms with Crippen molar-refractivity contribution in [3.63, 3.8) is 0 Å². The van der Waals surface area contributed by atoms with E-state index in [9.17, 15) is 4.79 Å². The first-order valence-electron chi connectivity index (χ1n) is 11.4. The van der Waals surface area contributed by atoms with Crippen LogP contribution in [0.5, 0.6) is 5.75 Å². The van der Waals surface area contributed by atoms with E-state index in [0.29, 0.717) is 38.0 Å². The zero-order valence-corrected chi connectivity index (χ0v) is 19.3. The molecular weight excluding hydrogens is 392 g/mol. The van der Waals surface area contributed by atoms with Crippen LogP contribution in [-0.2, 0) is 14.9 Å². The minimum absolute atomic E-state index is 0.126. The lowest BCUT2D eigenvalue weighted by Gasteiger charge is -2.23. The van der Waals surface area contributed by atoms with E-state index in [4.69, 9.17) is 19.2 Å². The zero-order chi connectivity index (χ0) is 22.2. The van der Waals surface area contributed by atoms with Gasteiger partial charge in [-0.25, -0.2) is 4.98 Å². The maximum Gasteiger partial charge on any atom is 0.269 e. The molecule has 1 amide bonds. The molecule has 6 nitrogen and oxygen atoms in total. The highest BCUT2D eigenvalue weighted by Crippen LogP contribution is 2.40. The molecule has 1 N–H and O–H groups in total. The second kappa shape index (κ2) is 8.40. The number of hydrogen-bond donors (Lipinski definition) is 1. The van der Waals surface area contributed by atoms with Crippen LogP contribution in [0, 0.1) is 12.8 Å². The minimum atomic E-state index is -0.410. The first-order valence-corrected chi connectivity index (χ1v) is 11.4. The lowest BCUT2D eigenvalue weighted by atomic mass is 9.84. The molecule has 1 saturated heterocycles. The van der Waals surface area contributed by atoms with Gasteiger partial charge in [0, 0.05) is 24.8 Å². The molecule has 0 radical (unpaired) electrons. The fraction of sp³-hybridized carbons (Fsp3) is 0.600. The van der Waals surface area contributed by atoms with Crippen molar-refractivity contribution in [1.82, 2.24) is 10.3 Å². The number of nitrogens with one attached hydrogen (secondary N) is 1. The van der Waals surface area contributed by atoms with E-state index in [2.05, 4.69) is 32.2 Å². The van der Waals surface area contributed by atoms with E-state index in [1.165, 1.54) is 0 Å². The van der Waals surface area contributed by atoms with Crippen LogP contribution in [0.15, 0.2) is 18.2 Å². The van der Waals surface area contributed by atoms with Gasteiger partial charge in [-0.1, -0.05) is 20.8 Å². The van der Waals surface area contributed by atoms with Crippen LogP contribution in [0.3, 0.4) is 0 Å². The summed E-state index contributed by atoms with van der Waals surface area (Å²) < 4.78 is 17.4. The number of nitrogens with zero attached hydrogens (tertiary/aromatic N) is 1. The molecule has 6 heteroatoms. The Bertz CT molecular complexity index is 974. The fourth-order valence-electron chi connectivity index (χ4n) is 4.73. The number of amides is 1. The monoisotopic (exact) mass is 426 g/mol. The Morgan fingerprint density at radius 1 is 1.26 bits per heavy atom.